The predicted octanol–water partition coefficient (Wildman–Crippen LogP) is 7.28. The maximum absolute atomic E-state index is 13.0. The molecule has 0 aliphatic rings. The van der Waals surface area contributed by atoms with E-state index < -0.39 is 40.6 Å². The van der Waals surface area contributed by atoms with Crippen molar-refractivity contribution in [3.8, 4) is 0 Å². The molecule has 2 aromatic carbocycles. The molecule has 174 valence electrons. The van der Waals surface area contributed by atoms with Crippen LogP contribution in [0.3, 0.4) is 0 Å². The SMILES string of the molecule is C=C(CC(C)(C)CNC(=O)Nc1cc(C(F)(F)F)cc(C(F)(F)F)c1)c1ccc(C)cc1. The minimum absolute atomic E-state index is 0.00286. The largest absolute Gasteiger partial charge is 0.416 e. The molecule has 0 fully saturated rings. The number of alkyl halides is 6. The Balaban J connectivity index is 2.05. The average molecular weight is 458 g/mol. The van der Waals surface area contributed by atoms with Crippen molar-refractivity contribution in [1.29, 1.82) is 0 Å². The van der Waals surface area contributed by atoms with Crippen LogP contribution >= 0.6 is 0 Å². The van der Waals surface area contributed by atoms with Gasteiger partial charge in [0.2, 0.25) is 0 Å². The lowest BCUT2D eigenvalue weighted by molar-refractivity contribution is -0.143. The first-order valence-electron chi connectivity index (χ1n) is 9.66. The number of nitrogens with one attached hydrogen (secondary N) is 2. The van der Waals surface area contributed by atoms with Gasteiger partial charge in [0.25, 0.3) is 0 Å². The number of urea groups is 1. The smallest absolute Gasteiger partial charge is 0.337 e. The van der Waals surface area contributed by atoms with Crippen molar-refractivity contribution < 1.29 is 31.1 Å². The molecular formula is C23H24F6N2O. The molecule has 3 nitrogen and oxygen atoms in total. The zero-order chi connectivity index (χ0) is 24.3. The van der Waals surface area contributed by atoms with E-state index >= 15 is 0 Å². The Hall–Kier alpha value is -2.97. The van der Waals surface area contributed by atoms with Crippen molar-refractivity contribution in [1.82, 2.24) is 5.32 Å². The summed E-state index contributed by atoms with van der Waals surface area (Å²) in [5.74, 6) is 0. The van der Waals surface area contributed by atoms with Crippen LogP contribution in [0.25, 0.3) is 5.57 Å². The fraction of sp³-hybridized carbons (Fsp3) is 0.348. The van der Waals surface area contributed by atoms with Crippen LogP contribution in [-0.4, -0.2) is 12.6 Å². The quantitative estimate of drug-likeness (QED) is 0.439. The molecule has 0 radical (unpaired) electrons. The van der Waals surface area contributed by atoms with Crippen LogP contribution in [0, 0.1) is 12.3 Å². The van der Waals surface area contributed by atoms with E-state index in [0.717, 1.165) is 16.7 Å². The van der Waals surface area contributed by atoms with Crippen molar-refractivity contribution in [2.24, 2.45) is 5.41 Å². The summed E-state index contributed by atoms with van der Waals surface area (Å²) in [5, 5.41) is 4.56. The summed E-state index contributed by atoms with van der Waals surface area (Å²) < 4.78 is 77.7. The molecule has 0 unspecified atom stereocenters. The minimum atomic E-state index is -4.99. The lowest BCUT2D eigenvalue weighted by atomic mass is 9.84. The number of halogens is 6. The van der Waals surface area contributed by atoms with Crippen molar-refractivity contribution in [2.45, 2.75) is 39.5 Å². The highest BCUT2D eigenvalue weighted by atomic mass is 19.4. The van der Waals surface area contributed by atoms with Gasteiger partial charge in [0.15, 0.2) is 0 Å². The highest BCUT2D eigenvalue weighted by Gasteiger charge is 2.37. The molecule has 2 aromatic rings. The van der Waals surface area contributed by atoms with Crippen LogP contribution in [0.2, 0.25) is 0 Å². The van der Waals surface area contributed by atoms with E-state index in [4.69, 9.17) is 0 Å². The van der Waals surface area contributed by atoms with Crippen LogP contribution in [0.15, 0.2) is 49.0 Å². The molecule has 0 aliphatic carbocycles. The molecular weight excluding hydrogens is 434 g/mol. The average Bonchev–Trinajstić information content (AvgIpc) is 2.65. The van der Waals surface area contributed by atoms with Crippen molar-refractivity contribution in [2.75, 3.05) is 11.9 Å². The van der Waals surface area contributed by atoms with Gasteiger partial charge in [-0.1, -0.05) is 50.3 Å². The number of aryl methyl sites for hydroxylation is 1. The monoisotopic (exact) mass is 458 g/mol. The topological polar surface area (TPSA) is 41.1 Å². The number of carbonyl (C=O) groups is 1. The Labute approximate surface area is 182 Å². The highest BCUT2D eigenvalue weighted by Crippen LogP contribution is 2.37. The van der Waals surface area contributed by atoms with Crippen LogP contribution in [0.5, 0.6) is 0 Å². The van der Waals surface area contributed by atoms with Crippen molar-refractivity contribution in [3.05, 3.63) is 71.3 Å². The van der Waals surface area contributed by atoms with Crippen LogP contribution in [-0.2, 0) is 12.4 Å². The molecule has 32 heavy (non-hydrogen) atoms. The van der Waals surface area contributed by atoms with Gasteiger partial charge in [-0.05, 0) is 48.1 Å². The zero-order valence-electron chi connectivity index (χ0n) is 17.8. The van der Waals surface area contributed by atoms with Gasteiger partial charge in [-0.25, -0.2) is 4.79 Å². The first-order chi connectivity index (χ1) is 14.6. The highest BCUT2D eigenvalue weighted by molar-refractivity contribution is 5.89. The Morgan fingerprint density at radius 2 is 1.41 bits per heavy atom. The molecule has 2 N–H and O–H groups in total. The number of carbonyl (C=O) groups excluding carboxylic acids is 1. The zero-order valence-corrected chi connectivity index (χ0v) is 17.8. The van der Waals surface area contributed by atoms with Gasteiger partial charge in [-0.2, -0.15) is 26.3 Å². The van der Waals surface area contributed by atoms with E-state index in [1.54, 1.807) is 0 Å². The van der Waals surface area contributed by atoms with E-state index in [9.17, 15) is 31.1 Å². The first kappa shape index (κ1) is 25.3. The molecule has 0 saturated carbocycles. The molecule has 0 atom stereocenters. The van der Waals surface area contributed by atoms with Gasteiger partial charge in [-0.15, -0.1) is 0 Å². The Morgan fingerprint density at radius 3 is 1.88 bits per heavy atom. The first-order valence-corrected chi connectivity index (χ1v) is 9.66. The lowest BCUT2D eigenvalue weighted by Gasteiger charge is -2.26. The van der Waals surface area contributed by atoms with E-state index in [1.165, 1.54) is 0 Å². The number of amides is 2. The number of allylic oxidation sites excluding steroid dienone is 1. The van der Waals surface area contributed by atoms with Crippen LogP contribution in [0.1, 0.15) is 42.5 Å². The fourth-order valence-electron chi connectivity index (χ4n) is 3.05. The van der Waals surface area contributed by atoms with E-state index in [-0.39, 0.29) is 12.6 Å². The molecule has 2 rings (SSSR count). The third-order valence-electron chi connectivity index (χ3n) is 4.72. The number of anilines is 1. The minimum Gasteiger partial charge on any atom is -0.337 e. The Bertz CT molecular complexity index is 943. The normalized spacial score (nSPS) is 12.4. The Morgan fingerprint density at radius 1 is 0.906 bits per heavy atom. The Kier molecular flexibility index (Phi) is 7.32. The van der Waals surface area contributed by atoms with Crippen LogP contribution < -0.4 is 10.6 Å². The summed E-state index contributed by atoms with van der Waals surface area (Å²) >= 11 is 0. The molecule has 0 bridgehead atoms. The van der Waals surface area contributed by atoms with Crippen LogP contribution in [0.4, 0.5) is 36.8 Å². The van der Waals surface area contributed by atoms with E-state index in [1.807, 2.05) is 45.0 Å². The molecule has 0 spiro atoms. The number of hydrogen-bond acceptors (Lipinski definition) is 1. The van der Waals surface area contributed by atoms with Gasteiger partial charge in [-0.3, -0.25) is 0 Å². The maximum Gasteiger partial charge on any atom is 0.416 e. The summed E-state index contributed by atoms with van der Waals surface area (Å²) in [6.07, 6.45) is -9.48. The fourth-order valence-corrected chi connectivity index (χ4v) is 3.05. The molecule has 9 heteroatoms. The number of benzene rings is 2. The van der Waals surface area contributed by atoms with E-state index in [0.29, 0.717) is 18.6 Å². The predicted molar refractivity (Wildman–Crippen MR) is 112 cm³/mol. The second kappa shape index (κ2) is 9.26. The summed E-state index contributed by atoms with van der Waals surface area (Å²) in [6.45, 7) is 9.86. The van der Waals surface area contributed by atoms with Gasteiger partial charge < -0.3 is 10.6 Å². The van der Waals surface area contributed by atoms with Gasteiger partial charge in [0.1, 0.15) is 0 Å². The summed E-state index contributed by atoms with van der Waals surface area (Å²) in [7, 11) is 0. The molecule has 0 heterocycles. The van der Waals surface area contributed by atoms with Gasteiger partial charge >= 0.3 is 18.4 Å². The summed E-state index contributed by atoms with van der Waals surface area (Å²) in [6, 6.07) is 7.76. The van der Waals surface area contributed by atoms with E-state index in [2.05, 4.69) is 17.2 Å². The molecule has 2 amide bonds. The van der Waals surface area contributed by atoms with Gasteiger partial charge in [0.05, 0.1) is 11.1 Å². The maximum atomic E-state index is 13.0. The van der Waals surface area contributed by atoms with Gasteiger partial charge in [0, 0.05) is 12.2 Å². The molecule has 0 aromatic heterocycles. The second-order valence-corrected chi connectivity index (χ2v) is 8.41. The summed E-state index contributed by atoms with van der Waals surface area (Å²) in [4.78, 5) is 12.2. The molecule has 0 aliphatic heterocycles. The molecule has 0 saturated heterocycles. The van der Waals surface area contributed by atoms with Crippen molar-refractivity contribution >= 4 is 17.3 Å². The third-order valence-corrected chi connectivity index (χ3v) is 4.72. The summed E-state index contributed by atoms with van der Waals surface area (Å²) in [5.41, 5.74) is -1.20. The van der Waals surface area contributed by atoms with Crippen molar-refractivity contribution in [3.63, 3.8) is 0 Å². The second-order valence-electron chi connectivity index (χ2n) is 8.41. The standard InChI is InChI=1S/C23H24F6N2O/c1-14-5-7-16(8-6-14)15(2)12-21(3,4)13-30-20(32)31-19-10-17(22(24,25)26)9-18(11-19)23(27,28)29/h5-11H,2,12-13H2,1,3-4H3,(H2,30,31,32). The third kappa shape index (κ3) is 7.32. The number of hydrogen-bond donors (Lipinski definition) is 2. The lowest BCUT2D eigenvalue weighted by Crippen LogP contribution is -2.37. The number of rotatable bonds is 6.